The van der Waals surface area contributed by atoms with Crippen LogP contribution in [0.1, 0.15) is 40.2 Å². The molecule has 0 saturated carbocycles. The van der Waals surface area contributed by atoms with Crippen LogP contribution in [0.25, 0.3) is 0 Å². The molecule has 0 aliphatic carbocycles. The number of benzene rings is 1. The maximum absolute atomic E-state index is 12.2. The summed E-state index contributed by atoms with van der Waals surface area (Å²) in [5, 5.41) is 16.7. The van der Waals surface area contributed by atoms with Crippen LogP contribution in [-0.2, 0) is 15.4 Å². The summed E-state index contributed by atoms with van der Waals surface area (Å²) < 4.78 is 23.5. The molecule has 1 atom stereocenters. The number of nitrogens with zero attached hydrogens (tertiary/aromatic N) is 1. The lowest BCUT2D eigenvalue weighted by atomic mass is 9.96. The number of hydrogen-bond donors (Lipinski definition) is 3. The zero-order valence-corrected chi connectivity index (χ0v) is 16.7. The molecule has 0 aliphatic rings. The van der Waals surface area contributed by atoms with Crippen molar-refractivity contribution in [1.82, 2.24) is 10.6 Å². The van der Waals surface area contributed by atoms with E-state index < -0.39 is 20.2 Å². The number of guanidine groups is 1. The molecule has 25 heavy (non-hydrogen) atoms. The lowest BCUT2D eigenvalue weighted by Crippen LogP contribution is -2.42. The highest BCUT2D eigenvalue weighted by atomic mass is 32.2. The number of hydrogen-bond acceptors (Lipinski definition) is 4. The quantitative estimate of drug-likeness (QED) is 0.502. The van der Waals surface area contributed by atoms with Crippen molar-refractivity contribution in [2.45, 2.75) is 45.0 Å². The van der Waals surface area contributed by atoms with Gasteiger partial charge in [0, 0.05) is 13.1 Å². The number of aliphatic hydroxyl groups is 1. The molecule has 0 fully saturated rings. The summed E-state index contributed by atoms with van der Waals surface area (Å²) in [5.74, 6) is 0.513. The van der Waals surface area contributed by atoms with Gasteiger partial charge >= 0.3 is 0 Å². The van der Waals surface area contributed by atoms with Crippen molar-refractivity contribution in [3.05, 3.63) is 35.9 Å². The number of sulfone groups is 1. The van der Waals surface area contributed by atoms with Crippen LogP contribution in [0.5, 0.6) is 0 Å². The van der Waals surface area contributed by atoms with Gasteiger partial charge in [-0.3, -0.25) is 0 Å². The van der Waals surface area contributed by atoms with Gasteiger partial charge in [-0.1, -0.05) is 30.3 Å². The summed E-state index contributed by atoms with van der Waals surface area (Å²) in [4.78, 5) is 4.39. The van der Waals surface area contributed by atoms with Gasteiger partial charge in [0.2, 0.25) is 0 Å². The Balaban J connectivity index is 2.72. The summed E-state index contributed by atoms with van der Waals surface area (Å²) in [7, 11) is -3.19. The molecule has 0 radical (unpaired) electrons. The first-order chi connectivity index (χ1) is 11.5. The van der Waals surface area contributed by atoms with Crippen LogP contribution in [0.2, 0.25) is 0 Å². The topological polar surface area (TPSA) is 90.8 Å². The minimum Gasteiger partial charge on any atom is -0.384 e. The van der Waals surface area contributed by atoms with Gasteiger partial charge in [0.05, 0.1) is 17.0 Å². The predicted octanol–water partition coefficient (Wildman–Crippen LogP) is 1.66. The third-order valence-electron chi connectivity index (χ3n) is 3.88. The Morgan fingerprint density at radius 3 is 2.24 bits per heavy atom. The third kappa shape index (κ3) is 6.66. The fraction of sp³-hybridized carbons (Fsp3) is 0.611. The first-order valence-corrected chi connectivity index (χ1v) is 10.2. The lowest BCUT2D eigenvalue weighted by molar-refractivity contribution is 0.0672. The van der Waals surface area contributed by atoms with E-state index in [0.29, 0.717) is 12.5 Å². The minimum absolute atomic E-state index is 0.0238. The largest absolute Gasteiger partial charge is 0.384 e. The van der Waals surface area contributed by atoms with E-state index in [1.165, 1.54) is 0 Å². The standard InChI is InChI=1S/C18H31N3O3S/c1-6-19-16(20-12-13-25(23,24)17(2,3)4)21-14-18(5,22)15-10-8-7-9-11-15/h7-11,22H,6,12-14H2,1-5H3,(H2,19,20,21). The van der Waals surface area contributed by atoms with Gasteiger partial charge in [0.1, 0.15) is 5.60 Å². The smallest absolute Gasteiger partial charge is 0.191 e. The molecule has 6 nitrogen and oxygen atoms in total. The first kappa shape index (κ1) is 21.4. The predicted molar refractivity (Wildman–Crippen MR) is 104 cm³/mol. The molecule has 3 N–H and O–H groups in total. The van der Waals surface area contributed by atoms with E-state index in [1.54, 1.807) is 27.7 Å². The SMILES string of the molecule is CCNC(=NCC(C)(O)c1ccccc1)NCCS(=O)(=O)C(C)(C)C. The second-order valence-corrected chi connectivity index (χ2v) is 10.1. The number of rotatable bonds is 7. The van der Waals surface area contributed by atoms with Crippen LogP contribution in [0.15, 0.2) is 35.3 Å². The first-order valence-electron chi connectivity index (χ1n) is 8.52. The van der Waals surface area contributed by atoms with Gasteiger partial charge < -0.3 is 15.7 Å². The van der Waals surface area contributed by atoms with Crippen LogP contribution >= 0.6 is 0 Å². The normalized spacial score (nSPS) is 15.5. The highest BCUT2D eigenvalue weighted by molar-refractivity contribution is 7.92. The molecule has 7 heteroatoms. The summed E-state index contributed by atoms with van der Waals surface area (Å²) in [6.45, 7) is 9.79. The molecular weight excluding hydrogens is 338 g/mol. The van der Waals surface area contributed by atoms with E-state index >= 15 is 0 Å². The Morgan fingerprint density at radius 2 is 1.72 bits per heavy atom. The van der Waals surface area contributed by atoms with E-state index in [0.717, 1.165) is 5.56 Å². The summed E-state index contributed by atoms with van der Waals surface area (Å²) >= 11 is 0. The Labute approximate surface area is 151 Å². The van der Waals surface area contributed by atoms with Crippen LogP contribution in [-0.4, -0.2) is 49.6 Å². The van der Waals surface area contributed by atoms with Crippen molar-refractivity contribution in [1.29, 1.82) is 0 Å². The van der Waals surface area contributed by atoms with Crippen LogP contribution in [0.3, 0.4) is 0 Å². The molecule has 142 valence electrons. The van der Waals surface area contributed by atoms with E-state index in [1.807, 2.05) is 37.3 Å². The fourth-order valence-electron chi connectivity index (χ4n) is 2.07. The number of aliphatic imine (C=N–C) groups is 1. The van der Waals surface area contributed by atoms with Gasteiger partial charge in [-0.25, -0.2) is 13.4 Å². The molecule has 0 spiro atoms. The zero-order chi connectivity index (χ0) is 19.1. The Kier molecular flexibility index (Phi) is 7.44. The Hall–Kier alpha value is -1.60. The third-order valence-corrected chi connectivity index (χ3v) is 6.49. The molecule has 1 unspecified atom stereocenters. The molecule has 0 aromatic heterocycles. The van der Waals surface area contributed by atoms with Gasteiger partial charge in [-0.15, -0.1) is 0 Å². The maximum Gasteiger partial charge on any atom is 0.191 e. The van der Waals surface area contributed by atoms with Crippen molar-refractivity contribution < 1.29 is 13.5 Å². The second-order valence-electron chi connectivity index (χ2n) is 7.19. The highest BCUT2D eigenvalue weighted by Crippen LogP contribution is 2.20. The zero-order valence-electron chi connectivity index (χ0n) is 15.8. The molecule has 0 bridgehead atoms. The molecule has 0 amide bonds. The minimum atomic E-state index is -3.19. The van der Waals surface area contributed by atoms with E-state index in [9.17, 15) is 13.5 Å². The summed E-state index contributed by atoms with van der Waals surface area (Å²) in [6.07, 6.45) is 0. The molecular formula is C18H31N3O3S. The van der Waals surface area contributed by atoms with Crippen molar-refractivity contribution in [2.24, 2.45) is 4.99 Å². The number of nitrogens with one attached hydrogen (secondary N) is 2. The van der Waals surface area contributed by atoms with Crippen molar-refractivity contribution in [2.75, 3.05) is 25.4 Å². The maximum atomic E-state index is 12.2. The van der Waals surface area contributed by atoms with Crippen molar-refractivity contribution in [3.8, 4) is 0 Å². The van der Waals surface area contributed by atoms with Crippen molar-refractivity contribution in [3.63, 3.8) is 0 Å². The van der Waals surface area contributed by atoms with Gasteiger partial charge in [-0.05, 0) is 40.2 Å². The monoisotopic (exact) mass is 369 g/mol. The lowest BCUT2D eigenvalue weighted by Gasteiger charge is -2.23. The summed E-state index contributed by atoms with van der Waals surface area (Å²) in [6, 6.07) is 9.34. The van der Waals surface area contributed by atoms with Crippen LogP contribution in [0, 0.1) is 0 Å². The van der Waals surface area contributed by atoms with Crippen LogP contribution < -0.4 is 10.6 Å². The molecule has 1 rings (SSSR count). The van der Waals surface area contributed by atoms with E-state index in [-0.39, 0.29) is 18.8 Å². The average molecular weight is 370 g/mol. The van der Waals surface area contributed by atoms with Gasteiger partial charge in [0.25, 0.3) is 0 Å². The van der Waals surface area contributed by atoms with Crippen LogP contribution in [0.4, 0.5) is 0 Å². The highest BCUT2D eigenvalue weighted by Gasteiger charge is 2.28. The van der Waals surface area contributed by atoms with Gasteiger partial charge in [0.15, 0.2) is 15.8 Å². The summed E-state index contributed by atoms with van der Waals surface area (Å²) in [5.41, 5.74) is -0.314. The molecule has 0 aliphatic heterocycles. The second kappa shape index (κ2) is 8.67. The Bertz CT molecular complexity index is 663. The molecule has 0 saturated heterocycles. The molecule has 0 heterocycles. The van der Waals surface area contributed by atoms with Gasteiger partial charge in [-0.2, -0.15) is 0 Å². The van der Waals surface area contributed by atoms with Crippen molar-refractivity contribution >= 4 is 15.8 Å². The Morgan fingerprint density at radius 1 is 1.12 bits per heavy atom. The van der Waals surface area contributed by atoms with E-state index in [2.05, 4.69) is 15.6 Å². The fourth-order valence-corrected chi connectivity index (χ4v) is 3.06. The average Bonchev–Trinajstić information content (AvgIpc) is 2.52. The molecule has 1 aromatic carbocycles. The van der Waals surface area contributed by atoms with E-state index in [4.69, 9.17) is 0 Å². The molecule has 1 aromatic rings.